The molecule has 4 rings (SSSR count). The molecule has 1 aliphatic rings. The fraction of sp³-hybridized carbons (Fsp3) is 0.455. The van der Waals surface area contributed by atoms with Gasteiger partial charge in [-0.05, 0) is 74.3 Å². The summed E-state index contributed by atoms with van der Waals surface area (Å²) in [5.74, 6) is 2.20. The van der Waals surface area contributed by atoms with E-state index in [0.717, 1.165) is 29.5 Å². The van der Waals surface area contributed by atoms with E-state index in [1.165, 1.54) is 0 Å². The zero-order chi connectivity index (χ0) is 31.4. The minimum Gasteiger partial charge on any atom is -0.493 e. The van der Waals surface area contributed by atoms with Crippen molar-refractivity contribution in [2.24, 2.45) is 0 Å². The first-order valence-corrected chi connectivity index (χ1v) is 16.2. The average Bonchev–Trinajstić information content (AvgIpc) is 3.53. The van der Waals surface area contributed by atoms with Gasteiger partial charge < -0.3 is 33.7 Å². The Balaban J connectivity index is 0.00000162. The first-order chi connectivity index (χ1) is 20.8. The molecule has 2 atom stereocenters. The molecule has 10 heteroatoms. The van der Waals surface area contributed by atoms with Gasteiger partial charge >= 0.3 is 0 Å². The van der Waals surface area contributed by atoms with Crippen LogP contribution < -0.4 is 29.0 Å². The van der Waals surface area contributed by atoms with Crippen molar-refractivity contribution in [3.8, 4) is 28.7 Å². The highest BCUT2D eigenvalue weighted by Crippen LogP contribution is 2.48. The molecule has 3 aromatic carbocycles. The highest BCUT2D eigenvalue weighted by atomic mass is 32.2. The molecule has 0 amide bonds. The van der Waals surface area contributed by atoms with Crippen LogP contribution in [-0.4, -0.2) is 56.2 Å². The van der Waals surface area contributed by atoms with E-state index in [-0.39, 0.29) is 35.2 Å². The van der Waals surface area contributed by atoms with E-state index < -0.39 is 9.84 Å². The Morgan fingerprint density at radius 2 is 1.35 bits per heavy atom. The molecule has 1 saturated heterocycles. The maximum Gasteiger partial charge on any atom is 0.203 e. The van der Waals surface area contributed by atoms with Crippen molar-refractivity contribution in [1.82, 2.24) is 5.32 Å². The largest absolute Gasteiger partial charge is 0.493 e. The van der Waals surface area contributed by atoms with Gasteiger partial charge in [0.1, 0.15) is 11.5 Å². The molecule has 1 N–H and O–H groups in total. The highest BCUT2D eigenvalue weighted by Gasteiger charge is 2.32. The summed E-state index contributed by atoms with van der Waals surface area (Å²) in [7, 11) is 4.85. The van der Waals surface area contributed by atoms with Crippen molar-refractivity contribution in [1.29, 1.82) is 0 Å². The van der Waals surface area contributed by atoms with Gasteiger partial charge in [0.25, 0.3) is 0 Å². The van der Waals surface area contributed by atoms with Crippen molar-refractivity contribution in [3.05, 3.63) is 71.3 Å². The van der Waals surface area contributed by atoms with Gasteiger partial charge in [-0.1, -0.05) is 44.2 Å². The van der Waals surface area contributed by atoms with Crippen LogP contribution in [0.25, 0.3) is 0 Å². The fourth-order valence-electron chi connectivity index (χ4n) is 4.77. The second-order valence-electron chi connectivity index (χ2n) is 10.0. The minimum absolute atomic E-state index is 0.0589. The normalized spacial score (nSPS) is 16.2. The third kappa shape index (κ3) is 8.55. The Kier molecular flexibility index (Phi) is 13.0. The number of hydrogen-bond acceptors (Lipinski definition) is 9. The van der Waals surface area contributed by atoms with Crippen molar-refractivity contribution in [2.75, 3.05) is 47.8 Å². The Morgan fingerprint density at radius 1 is 0.791 bits per heavy atom. The second-order valence-corrected chi connectivity index (χ2v) is 12.3. The highest BCUT2D eigenvalue weighted by molar-refractivity contribution is 7.91. The lowest BCUT2D eigenvalue weighted by molar-refractivity contribution is 0.0434. The summed E-state index contributed by atoms with van der Waals surface area (Å²) in [5, 5.41) is 2.75. The molecule has 236 valence electrons. The van der Waals surface area contributed by atoms with Crippen LogP contribution in [-0.2, 0) is 21.2 Å². The van der Waals surface area contributed by atoms with Gasteiger partial charge in [0.2, 0.25) is 5.75 Å². The van der Waals surface area contributed by atoms with Crippen LogP contribution in [0.3, 0.4) is 0 Å². The summed E-state index contributed by atoms with van der Waals surface area (Å²) < 4.78 is 61.7. The van der Waals surface area contributed by atoms with Crippen molar-refractivity contribution < 1.29 is 36.8 Å². The summed E-state index contributed by atoms with van der Waals surface area (Å²) in [6.45, 7) is 4.25. The van der Waals surface area contributed by atoms with E-state index in [4.69, 9.17) is 28.4 Å². The van der Waals surface area contributed by atoms with Crippen LogP contribution in [0.15, 0.2) is 59.5 Å². The molecule has 0 aromatic heterocycles. The molecule has 0 spiro atoms. The Labute approximate surface area is 256 Å². The monoisotopic (exact) mass is 615 g/mol. The van der Waals surface area contributed by atoms with Gasteiger partial charge in [0, 0.05) is 0 Å². The SMILES string of the molecule is CCCOc1c(OCc2ccccc2)cc(C2CCC(c3cc(OC)c(OC)c(OC)c3)O2)cc1S(=O)(=O)CC.CNC. The predicted molar refractivity (Wildman–Crippen MR) is 168 cm³/mol. The third-order valence-corrected chi connectivity index (χ3v) is 8.63. The number of rotatable bonds is 13. The maximum absolute atomic E-state index is 13.2. The van der Waals surface area contributed by atoms with Crippen LogP contribution in [0.2, 0.25) is 0 Å². The summed E-state index contributed by atoms with van der Waals surface area (Å²) in [6.07, 6.45) is 1.57. The molecule has 1 aliphatic heterocycles. The van der Waals surface area contributed by atoms with E-state index in [1.807, 2.05) is 69.6 Å². The number of hydrogen-bond donors (Lipinski definition) is 1. The predicted octanol–water partition coefficient (Wildman–Crippen LogP) is 6.30. The quantitative estimate of drug-likeness (QED) is 0.237. The fourth-order valence-corrected chi connectivity index (χ4v) is 5.84. The van der Waals surface area contributed by atoms with E-state index in [0.29, 0.717) is 36.0 Å². The molecule has 0 saturated carbocycles. The molecule has 0 radical (unpaired) electrons. The van der Waals surface area contributed by atoms with Crippen molar-refractivity contribution in [2.45, 2.75) is 56.8 Å². The summed E-state index contributed by atoms with van der Waals surface area (Å²) in [6, 6.07) is 17.0. The van der Waals surface area contributed by atoms with Crippen LogP contribution in [0, 0.1) is 0 Å². The lowest BCUT2D eigenvalue weighted by Gasteiger charge is -2.21. The number of ether oxygens (including phenoxy) is 6. The molecular formula is C33H45NO8S. The molecule has 43 heavy (non-hydrogen) atoms. The topological polar surface area (TPSA) is 102 Å². The van der Waals surface area contributed by atoms with Gasteiger partial charge in [-0.3, -0.25) is 0 Å². The summed E-state index contributed by atoms with van der Waals surface area (Å²) in [4.78, 5) is 0.129. The maximum atomic E-state index is 13.2. The molecule has 0 aliphatic carbocycles. The minimum atomic E-state index is -3.62. The van der Waals surface area contributed by atoms with Crippen LogP contribution in [0.4, 0.5) is 0 Å². The third-order valence-electron chi connectivity index (χ3n) is 6.90. The van der Waals surface area contributed by atoms with Gasteiger partial charge in [0.15, 0.2) is 32.8 Å². The van der Waals surface area contributed by atoms with E-state index in [1.54, 1.807) is 34.3 Å². The molecular weight excluding hydrogens is 570 g/mol. The first kappa shape index (κ1) is 34.0. The average molecular weight is 616 g/mol. The lowest BCUT2D eigenvalue weighted by atomic mass is 10.0. The van der Waals surface area contributed by atoms with E-state index in [2.05, 4.69) is 5.32 Å². The number of benzene rings is 3. The van der Waals surface area contributed by atoms with E-state index in [9.17, 15) is 8.42 Å². The smallest absolute Gasteiger partial charge is 0.203 e. The van der Waals surface area contributed by atoms with Crippen LogP contribution in [0.5, 0.6) is 28.7 Å². The van der Waals surface area contributed by atoms with Crippen molar-refractivity contribution in [3.63, 3.8) is 0 Å². The van der Waals surface area contributed by atoms with Gasteiger partial charge in [-0.2, -0.15) is 0 Å². The molecule has 0 bridgehead atoms. The lowest BCUT2D eigenvalue weighted by Crippen LogP contribution is -2.11. The van der Waals surface area contributed by atoms with Gasteiger partial charge in [-0.25, -0.2) is 8.42 Å². The molecule has 3 aromatic rings. The molecule has 2 unspecified atom stereocenters. The molecule has 1 heterocycles. The zero-order valence-corrected chi connectivity index (χ0v) is 27.1. The zero-order valence-electron chi connectivity index (χ0n) is 26.3. The Hall–Kier alpha value is -3.47. The van der Waals surface area contributed by atoms with Crippen LogP contribution in [0.1, 0.15) is 62.0 Å². The van der Waals surface area contributed by atoms with Crippen molar-refractivity contribution >= 4 is 9.84 Å². The Morgan fingerprint density at radius 3 is 1.86 bits per heavy atom. The molecule has 1 fully saturated rings. The number of methoxy groups -OCH3 is 3. The standard InChI is InChI=1S/C31H38O8S.C2H7N/c1-6-15-37-31-28(38-20-21-11-9-8-10-12-21)18-23(19-29(31)40(32,33)7-2)25-14-13-24(39-25)22-16-26(34-3)30(36-5)27(17-22)35-4;1-3-2/h8-12,16-19,24-25H,6-7,13-15,20H2,1-5H3;3H,1-2H3. The number of sulfone groups is 1. The van der Waals surface area contributed by atoms with Gasteiger partial charge in [-0.15, -0.1) is 0 Å². The summed E-state index contributed by atoms with van der Waals surface area (Å²) >= 11 is 0. The summed E-state index contributed by atoms with van der Waals surface area (Å²) in [5.41, 5.74) is 2.59. The molecule has 9 nitrogen and oxygen atoms in total. The first-order valence-electron chi connectivity index (χ1n) is 14.5. The van der Waals surface area contributed by atoms with E-state index >= 15 is 0 Å². The van der Waals surface area contributed by atoms with Gasteiger partial charge in [0.05, 0.1) is 45.9 Å². The number of nitrogens with one attached hydrogen (secondary N) is 1. The second kappa shape index (κ2) is 16.4. The Bertz CT molecular complexity index is 1390. The van der Waals surface area contributed by atoms with Crippen LogP contribution >= 0.6 is 0 Å².